The summed E-state index contributed by atoms with van der Waals surface area (Å²) >= 11 is 0. The summed E-state index contributed by atoms with van der Waals surface area (Å²) in [5, 5.41) is 8.47. The van der Waals surface area contributed by atoms with Crippen LogP contribution < -0.4 is 0 Å². The smallest absolute Gasteiger partial charge is 0.343 e. The van der Waals surface area contributed by atoms with Gasteiger partial charge >= 0.3 is 17.9 Å². The van der Waals surface area contributed by atoms with Gasteiger partial charge in [0, 0.05) is 5.57 Å². The van der Waals surface area contributed by atoms with Gasteiger partial charge in [-0.15, -0.1) is 0 Å². The highest BCUT2D eigenvalue weighted by Crippen LogP contribution is 2.05. The summed E-state index contributed by atoms with van der Waals surface area (Å²) in [6.45, 7) is 8.59. The van der Waals surface area contributed by atoms with Crippen molar-refractivity contribution in [1.29, 1.82) is 0 Å². The molecule has 1 saturated heterocycles. The van der Waals surface area contributed by atoms with Gasteiger partial charge in [-0.25, -0.2) is 9.59 Å². The second-order valence-electron chi connectivity index (χ2n) is 4.40. The van der Waals surface area contributed by atoms with Gasteiger partial charge in [0.2, 0.25) is 0 Å². The van der Waals surface area contributed by atoms with Crippen molar-refractivity contribution in [2.24, 2.45) is 0 Å². The maximum Gasteiger partial charge on any atom is 0.343 e. The molecule has 0 radical (unpaired) electrons. The highest BCUT2D eigenvalue weighted by Gasteiger charge is 2.30. The van der Waals surface area contributed by atoms with Crippen molar-refractivity contribution in [1.82, 2.24) is 0 Å². The van der Waals surface area contributed by atoms with E-state index in [1.54, 1.807) is 6.92 Å². The van der Waals surface area contributed by atoms with Crippen LogP contribution in [0, 0.1) is 0 Å². The minimum atomic E-state index is -1.22. The molecule has 1 aliphatic rings. The molecule has 1 aliphatic heterocycles. The van der Waals surface area contributed by atoms with Crippen molar-refractivity contribution >= 4 is 24.0 Å². The Balaban J connectivity index is 0.000000317. The third-order valence-electron chi connectivity index (χ3n) is 2.42. The molecule has 6 heteroatoms. The lowest BCUT2D eigenvalue weighted by Gasteiger charge is -1.91. The molecule has 6 nitrogen and oxygen atoms in total. The molecule has 0 aliphatic carbocycles. The number of hydrogen-bond acceptors (Lipinski definition) is 6. The van der Waals surface area contributed by atoms with E-state index in [9.17, 15) is 14.4 Å². The number of hydrogen-bond donors (Lipinski definition) is 1. The van der Waals surface area contributed by atoms with Gasteiger partial charge in [-0.3, -0.25) is 4.79 Å². The van der Waals surface area contributed by atoms with Crippen LogP contribution in [0.15, 0.2) is 49.1 Å². The van der Waals surface area contributed by atoms with E-state index >= 15 is 0 Å². The van der Waals surface area contributed by atoms with E-state index in [4.69, 9.17) is 5.11 Å². The van der Waals surface area contributed by atoms with Crippen LogP contribution in [0.1, 0.15) is 18.9 Å². The van der Waals surface area contributed by atoms with Gasteiger partial charge in [0.05, 0.1) is 13.5 Å². The fraction of sp³-hybridized carbons (Fsp3) is 0.235. The van der Waals surface area contributed by atoms with Crippen LogP contribution in [0.2, 0.25) is 0 Å². The van der Waals surface area contributed by atoms with E-state index in [1.165, 1.54) is 12.7 Å². The van der Waals surface area contributed by atoms with Crippen LogP contribution in [-0.4, -0.2) is 36.2 Å². The Morgan fingerprint density at radius 1 is 1.35 bits per heavy atom. The molecular formula is C17H20O6. The Labute approximate surface area is 135 Å². The lowest BCUT2D eigenvalue weighted by molar-refractivity contribution is -0.154. The molecule has 0 aromatic heterocycles. The zero-order valence-corrected chi connectivity index (χ0v) is 13.2. The van der Waals surface area contributed by atoms with Crippen LogP contribution in [0.3, 0.4) is 0 Å². The standard InChI is InChI=1S/C8H8.C5H8O2.C4H4O4/c1-2-8-6-4-3-5-7-8;1-4(2)5(6)7-3;5-2-1-3(6)8-4(2)7/h2-7H,1H2;1H2,2-3H3;2,5H,1H2. The predicted molar refractivity (Wildman–Crippen MR) is 85.1 cm³/mol. The van der Waals surface area contributed by atoms with Crippen LogP contribution >= 0.6 is 0 Å². The van der Waals surface area contributed by atoms with E-state index < -0.39 is 18.0 Å². The van der Waals surface area contributed by atoms with E-state index in [1.807, 2.05) is 36.4 Å². The first kappa shape index (κ1) is 20.3. The molecule has 1 N–H and O–H groups in total. The number of esters is 3. The number of methoxy groups -OCH3 is 1. The summed E-state index contributed by atoms with van der Waals surface area (Å²) < 4.78 is 8.22. The summed E-state index contributed by atoms with van der Waals surface area (Å²) in [5.41, 5.74) is 1.61. The van der Waals surface area contributed by atoms with Gasteiger partial charge in [-0.05, 0) is 12.5 Å². The largest absolute Gasteiger partial charge is 0.466 e. The number of ether oxygens (including phenoxy) is 2. The minimum Gasteiger partial charge on any atom is -0.466 e. The van der Waals surface area contributed by atoms with Crippen molar-refractivity contribution in [2.45, 2.75) is 19.4 Å². The minimum absolute atomic E-state index is 0.196. The molecular weight excluding hydrogens is 300 g/mol. The van der Waals surface area contributed by atoms with E-state index in [2.05, 4.69) is 22.6 Å². The van der Waals surface area contributed by atoms with E-state index in [-0.39, 0.29) is 12.4 Å². The van der Waals surface area contributed by atoms with Crippen molar-refractivity contribution in [3.05, 3.63) is 54.6 Å². The molecule has 1 aromatic rings. The maximum absolute atomic E-state index is 10.2. The quantitative estimate of drug-likeness (QED) is 0.508. The first-order valence-corrected chi connectivity index (χ1v) is 6.65. The average molecular weight is 320 g/mol. The SMILES string of the molecule is C=C(C)C(=O)OC.C=Cc1ccccc1.O=C1CC(O)C(=O)O1. The van der Waals surface area contributed by atoms with Crippen LogP contribution in [0.25, 0.3) is 6.08 Å². The normalized spacial score (nSPS) is 15.2. The number of aliphatic hydroxyl groups is 1. The monoisotopic (exact) mass is 320 g/mol. The molecule has 1 atom stereocenters. The van der Waals surface area contributed by atoms with Gasteiger partial charge in [-0.2, -0.15) is 0 Å². The molecule has 1 unspecified atom stereocenters. The van der Waals surface area contributed by atoms with Crippen molar-refractivity contribution in [2.75, 3.05) is 7.11 Å². The number of aliphatic hydroxyl groups excluding tert-OH is 1. The Morgan fingerprint density at radius 2 is 1.91 bits per heavy atom. The summed E-state index contributed by atoms with van der Waals surface area (Å²) in [5.74, 6) is -1.84. The van der Waals surface area contributed by atoms with Gasteiger partial charge in [-0.1, -0.05) is 49.6 Å². The molecule has 0 spiro atoms. The Kier molecular flexibility index (Phi) is 9.62. The second kappa shape index (κ2) is 10.9. The molecule has 0 amide bonds. The first-order valence-electron chi connectivity index (χ1n) is 6.65. The zero-order chi connectivity index (χ0) is 17.8. The molecule has 124 valence electrons. The van der Waals surface area contributed by atoms with E-state index in [0.29, 0.717) is 5.57 Å². The number of rotatable bonds is 2. The first-order chi connectivity index (χ1) is 10.8. The number of cyclic esters (lactones) is 2. The Hall–Kier alpha value is -2.73. The summed E-state index contributed by atoms with van der Waals surface area (Å²) in [6.07, 6.45) is 0.418. The lowest BCUT2D eigenvalue weighted by Crippen LogP contribution is -2.11. The Bertz CT molecular complexity index is 562. The molecule has 1 fully saturated rings. The van der Waals surface area contributed by atoms with Gasteiger partial charge in [0.1, 0.15) is 0 Å². The third-order valence-corrected chi connectivity index (χ3v) is 2.42. The van der Waals surface area contributed by atoms with Crippen molar-refractivity contribution < 1.29 is 29.0 Å². The molecule has 0 saturated carbocycles. The second-order valence-corrected chi connectivity index (χ2v) is 4.40. The topological polar surface area (TPSA) is 89.9 Å². The zero-order valence-electron chi connectivity index (χ0n) is 13.2. The lowest BCUT2D eigenvalue weighted by atomic mass is 10.2. The van der Waals surface area contributed by atoms with Crippen LogP contribution in [0.4, 0.5) is 0 Å². The van der Waals surface area contributed by atoms with Crippen molar-refractivity contribution in [3.8, 4) is 0 Å². The van der Waals surface area contributed by atoms with Crippen molar-refractivity contribution in [3.63, 3.8) is 0 Å². The van der Waals surface area contributed by atoms with E-state index in [0.717, 1.165) is 0 Å². The van der Waals surface area contributed by atoms with Gasteiger partial charge in [0.15, 0.2) is 6.10 Å². The summed E-state index contributed by atoms with van der Waals surface area (Å²) in [6, 6.07) is 10.0. The number of benzene rings is 1. The van der Waals surface area contributed by atoms with Gasteiger partial charge in [0.25, 0.3) is 0 Å². The molecule has 1 aromatic carbocycles. The fourth-order valence-corrected chi connectivity index (χ4v) is 1.23. The molecule has 2 rings (SSSR count). The summed E-state index contributed by atoms with van der Waals surface area (Å²) in [7, 11) is 1.33. The predicted octanol–water partition coefficient (Wildman–Crippen LogP) is 1.89. The van der Waals surface area contributed by atoms with Crippen LogP contribution in [-0.2, 0) is 23.9 Å². The summed E-state index contributed by atoms with van der Waals surface area (Å²) in [4.78, 5) is 30.3. The number of carbonyl (C=O) groups excluding carboxylic acids is 3. The fourth-order valence-electron chi connectivity index (χ4n) is 1.23. The molecule has 0 bridgehead atoms. The third kappa shape index (κ3) is 9.00. The van der Waals surface area contributed by atoms with Gasteiger partial charge < -0.3 is 14.6 Å². The molecule has 1 heterocycles. The maximum atomic E-state index is 10.2. The van der Waals surface area contributed by atoms with Crippen LogP contribution in [0.5, 0.6) is 0 Å². The Morgan fingerprint density at radius 3 is 2.09 bits per heavy atom. The number of carbonyl (C=O) groups is 3. The average Bonchev–Trinajstić information content (AvgIpc) is 2.84. The highest BCUT2D eigenvalue weighted by atomic mass is 16.6. The highest BCUT2D eigenvalue weighted by molar-refractivity contribution is 5.95. The molecule has 23 heavy (non-hydrogen) atoms.